The molecule has 13 heavy (non-hydrogen) atoms. The van der Waals surface area contributed by atoms with Gasteiger partial charge in [0.05, 0.1) is 0 Å². The van der Waals surface area contributed by atoms with Gasteiger partial charge < -0.3 is 9.69 Å². The van der Waals surface area contributed by atoms with E-state index in [1.807, 2.05) is 0 Å². The Labute approximate surface area is 81.3 Å². The molecule has 0 atom stereocenters. The molecule has 0 spiro atoms. The van der Waals surface area contributed by atoms with Gasteiger partial charge in [-0.05, 0) is 26.9 Å². The Morgan fingerprint density at radius 1 is 1.15 bits per heavy atom. The van der Waals surface area contributed by atoms with Crippen molar-refractivity contribution in [3.05, 3.63) is 0 Å². The molecule has 0 aromatic heterocycles. The maximum Gasteiger partial charge on any atom is 0.127 e. The zero-order valence-electron chi connectivity index (χ0n) is 8.88. The third-order valence-electron chi connectivity index (χ3n) is 2.98. The minimum Gasteiger partial charge on any atom is -0.308 e. The third kappa shape index (κ3) is 3.11. The lowest BCUT2D eigenvalue weighted by Gasteiger charge is -2.29. The minimum atomic E-state index is -0.0278. The smallest absolute Gasteiger partial charge is 0.127 e. The molecule has 2 nitrogen and oxygen atoms in total. The van der Waals surface area contributed by atoms with Crippen LogP contribution in [-0.2, 0) is 4.79 Å². The molecule has 0 radical (unpaired) electrons. The van der Waals surface area contributed by atoms with E-state index in [1.165, 1.54) is 32.0 Å². The van der Waals surface area contributed by atoms with E-state index in [-0.39, 0.29) is 5.41 Å². The molecule has 1 fully saturated rings. The predicted octanol–water partition coefficient (Wildman–Crippen LogP) is 2.09. The third-order valence-corrected chi connectivity index (χ3v) is 2.98. The van der Waals surface area contributed by atoms with E-state index >= 15 is 0 Å². The summed E-state index contributed by atoms with van der Waals surface area (Å²) in [6.07, 6.45) is 8.47. The first kappa shape index (κ1) is 10.7. The Hall–Kier alpha value is -0.370. The van der Waals surface area contributed by atoms with Crippen LogP contribution in [0.3, 0.4) is 0 Å². The summed E-state index contributed by atoms with van der Waals surface area (Å²) in [7, 11) is 4.10. The molecule has 1 aliphatic rings. The maximum atomic E-state index is 11.1. The van der Waals surface area contributed by atoms with Crippen molar-refractivity contribution in [1.82, 2.24) is 4.90 Å². The zero-order valence-corrected chi connectivity index (χ0v) is 8.88. The normalized spacial score (nSPS) is 22.7. The highest BCUT2D eigenvalue weighted by atomic mass is 16.1. The van der Waals surface area contributed by atoms with Crippen molar-refractivity contribution < 1.29 is 4.79 Å². The van der Waals surface area contributed by atoms with Gasteiger partial charge in [0.25, 0.3) is 0 Å². The van der Waals surface area contributed by atoms with Crippen LogP contribution in [0.15, 0.2) is 0 Å². The fraction of sp³-hybridized carbons (Fsp3) is 0.909. The summed E-state index contributed by atoms with van der Waals surface area (Å²) in [6, 6.07) is 0. The van der Waals surface area contributed by atoms with Crippen LogP contribution in [0, 0.1) is 5.41 Å². The van der Waals surface area contributed by atoms with Crippen LogP contribution >= 0.6 is 0 Å². The highest BCUT2D eigenvalue weighted by Gasteiger charge is 2.30. The Bertz CT molecular complexity index is 157. The van der Waals surface area contributed by atoms with E-state index < -0.39 is 0 Å². The average Bonchev–Trinajstić information content (AvgIpc) is 2.30. The van der Waals surface area contributed by atoms with E-state index in [0.717, 1.165) is 19.4 Å². The van der Waals surface area contributed by atoms with Gasteiger partial charge >= 0.3 is 0 Å². The van der Waals surface area contributed by atoms with Gasteiger partial charge in [-0.3, -0.25) is 0 Å². The van der Waals surface area contributed by atoms with Crippen molar-refractivity contribution >= 4 is 6.29 Å². The first-order chi connectivity index (χ1) is 6.18. The zero-order chi connectivity index (χ0) is 9.73. The molecule has 0 aromatic rings. The van der Waals surface area contributed by atoms with E-state index in [2.05, 4.69) is 19.0 Å². The van der Waals surface area contributed by atoms with Crippen molar-refractivity contribution in [1.29, 1.82) is 0 Å². The van der Waals surface area contributed by atoms with E-state index in [1.54, 1.807) is 0 Å². The molecule has 0 aliphatic heterocycles. The lowest BCUT2D eigenvalue weighted by molar-refractivity contribution is -0.117. The Kier molecular flexibility index (Phi) is 3.91. The van der Waals surface area contributed by atoms with Crippen LogP contribution in [0.5, 0.6) is 0 Å². The second-order valence-electron chi connectivity index (χ2n) is 4.63. The monoisotopic (exact) mass is 183 g/mol. The summed E-state index contributed by atoms with van der Waals surface area (Å²) in [4.78, 5) is 13.3. The predicted molar refractivity (Wildman–Crippen MR) is 54.8 cm³/mol. The number of carbonyl (C=O) groups excluding carboxylic acids is 1. The van der Waals surface area contributed by atoms with Gasteiger partial charge in [0, 0.05) is 12.0 Å². The first-order valence-electron chi connectivity index (χ1n) is 5.30. The molecular formula is C11H21NO. The number of carbonyl (C=O) groups is 1. The fourth-order valence-corrected chi connectivity index (χ4v) is 2.38. The van der Waals surface area contributed by atoms with Gasteiger partial charge in [0.15, 0.2) is 0 Å². The van der Waals surface area contributed by atoms with Crippen LogP contribution < -0.4 is 0 Å². The maximum absolute atomic E-state index is 11.1. The van der Waals surface area contributed by atoms with Crippen LogP contribution in [0.2, 0.25) is 0 Å². The highest BCUT2D eigenvalue weighted by Crippen LogP contribution is 2.33. The van der Waals surface area contributed by atoms with Gasteiger partial charge in [-0.1, -0.05) is 25.7 Å². The van der Waals surface area contributed by atoms with Crippen molar-refractivity contribution in [3.63, 3.8) is 0 Å². The van der Waals surface area contributed by atoms with Gasteiger partial charge in [-0.25, -0.2) is 0 Å². The molecule has 2 heteroatoms. The van der Waals surface area contributed by atoms with Gasteiger partial charge in [0.1, 0.15) is 6.29 Å². The van der Waals surface area contributed by atoms with Crippen LogP contribution in [0.1, 0.15) is 38.5 Å². The summed E-state index contributed by atoms with van der Waals surface area (Å²) in [5.74, 6) is 0. The first-order valence-corrected chi connectivity index (χ1v) is 5.30. The second kappa shape index (κ2) is 4.75. The van der Waals surface area contributed by atoms with Crippen molar-refractivity contribution in [2.75, 3.05) is 20.6 Å². The van der Waals surface area contributed by atoms with Gasteiger partial charge in [0.2, 0.25) is 0 Å². The standard InChI is InChI=1S/C11H21NO/c1-12(2)9-11(10-13)7-5-3-4-6-8-11/h10H,3-9H2,1-2H3. The highest BCUT2D eigenvalue weighted by molar-refractivity contribution is 5.59. The quantitative estimate of drug-likeness (QED) is 0.493. The Morgan fingerprint density at radius 3 is 2.08 bits per heavy atom. The van der Waals surface area contributed by atoms with Crippen molar-refractivity contribution in [2.24, 2.45) is 5.41 Å². The largest absolute Gasteiger partial charge is 0.308 e. The summed E-state index contributed by atoms with van der Waals surface area (Å²) >= 11 is 0. The Morgan fingerprint density at radius 2 is 1.69 bits per heavy atom. The van der Waals surface area contributed by atoms with E-state index in [9.17, 15) is 4.79 Å². The topological polar surface area (TPSA) is 20.3 Å². The lowest BCUT2D eigenvalue weighted by Crippen LogP contribution is -2.34. The second-order valence-corrected chi connectivity index (χ2v) is 4.63. The fourth-order valence-electron chi connectivity index (χ4n) is 2.38. The van der Waals surface area contributed by atoms with Gasteiger partial charge in [-0.2, -0.15) is 0 Å². The number of hydrogen-bond donors (Lipinski definition) is 0. The van der Waals surface area contributed by atoms with Crippen LogP contribution in [0.4, 0.5) is 0 Å². The molecule has 0 saturated heterocycles. The minimum absolute atomic E-state index is 0.0278. The summed E-state index contributed by atoms with van der Waals surface area (Å²) in [6.45, 7) is 0.927. The molecular weight excluding hydrogens is 162 g/mol. The average molecular weight is 183 g/mol. The molecule has 0 amide bonds. The molecule has 0 unspecified atom stereocenters. The molecule has 0 aromatic carbocycles. The summed E-state index contributed by atoms with van der Waals surface area (Å²) in [5.41, 5.74) is -0.0278. The number of aldehydes is 1. The molecule has 0 bridgehead atoms. The van der Waals surface area contributed by atoms with Crippen molar-refractivity contribution in [2.45, 2.75) is 38.5 Å². The molecule has 1 rings (SSSR count). The molecule has 1 saturated carbocycles. The summed E-state index contributed by atoms with van der Waals surface area (Å²) < 4.78 is 0. The number of rotatable bonds is 3. The molecule has 0 heterocycles. The molecule has 1 aliphatic carbocycles. The molecule has 0 N–H and O–H groups in total. The summed E-state index contributed by atoms with van der Waals surface area (Å²) in [5, 5.41) is 0. The van der Waals surface area contributed by atoms with Gasteiger partial charge in [-0.15, -0.1) is 0 Å². The van der Waals surface area contributed by atoms with Crippen molar-refractivity contribution in [3.8, 4) is 0 Å². The van der Waals surface area contributed by atoms with Crippen LogP contribution in [-0.4, -0.2) is 31.8 Å². The lowest BCUT2D eigenvalue weighted by atomic mass is 9.81. The van der Waals surface area contributed by atoms with E-state index in [4.69, 9.17) is 0 Å². The number of hydrogen-bond acceptors (Lipinski definition) is 2. The molecule has 76 valence electrons. The van der Waals surface area contributed by atoms with Crippen LogP contribution in [0.25, 0.3) is 0 Å². The van der Waals surface area contributed by atoms with E-state index in [0.29, 0.717) is 0 Å². The number of nitrogens with zero attached hydrogens (tertiary/aromatic N) is 1. The SMILES string of the molecule is CN(C)CC1(C=O)CCCCCC1. The Balaban J connectivity index is 2.59.